The summed E-state index contributed by atoms with van der Waals surface area (Å²) in [5.41, 5.74) is 0. The number of hydrogen-bond acceptors (Lipinski definition) is 2. The van der Waals surface area contributed by atoms with Crippen molar-refractivity contribution in [2.75, 3.05) is 0 Å². The van der Waals surface area contributed by atoms with Crippen molar-refractivity contribution in [2.45, 2.75) is 103 Å². The Morgan fingerprint density at radius 1 is 0.731 bits per heavy atom. The molecule has 158 valence electrons. The lowest BCUT2D eigenvalue weighted by atomic mass is 9.89. The predicted octanol–water partition coefficient (Wildman–Crippen LogP) is 5.64. The molecule has 4 N–H and O–H groups in total. The van der Waals surface area contributed by atoms with Crippen LogP contribution in [0.2, 0.25) is 0 Å². The molecule has 0 radical (unpaired) electrons. The Bertz CT molecular complexity index is 448. The third-order valence-corrected chi connectivity index (χ3v) is 10.3. The first kappa shape index (κ1) is 26.3. The van der Waals surface area contributed by atoms with Gasteiger partial charge in [0.15, 0.2) is 4.90 Å². The molecule has 0 aliphatic rings. The van der Waals surface area contributed by atoms with E-state index in [0.717, 1.165) is 44.9 Å². The third kappa shape index (κ3) is 7.73. The van der Waals surface area contributed by atoms with E-state index in [-0.39, 0.29) is 24.7 Å². The normalized spacial score (nSPS) is 15.8. The zero-order chi connectivity index (χ0) is 20.4. The molecular formula is C18H40O6P2. The highest BCUT2D eigenvalue weighted by atomic mass is 31.2. The largest absolute Gasteiger partial charge is 0.343 e. The van der Waals surface area contributed by atoms with Crippen molar-refractivity contribution in [3.8, 4) is 0 Å². The van der Waals surface area contributed by atoms with E-state index >= 15 is 0 Å². The zero-order valence-corrected chi connectivity index (χ0v) is 18.7. The second-order valence-corrected chi connectivity index (χ2v) is 11.9. The highest BCUT2D eigenvalue weighted by Crippen LogP contribution is 2.73. The lowest BCUT2D eigenvalue weighted by Crippen LogP contribution is -2.32. The molecule has 2 unspecified atom stereocenters. The number of unbranched alkanes of at least 4 members (excludes halogenated alkanes) is 2. The summed E-state index contributed by atoms with van der Waals surface area (Å²) >= 11 is 0. The minimum Gasteiger partial charge on any atom is -0.324 e. The molecule has 0 saturated carbocycles. The summed E-state index contributed by atoms with van der Waals surface area (Å²) in [7, 11) is -9.97. The number of hydrogen-bond donors (Lipinski definition) is 4. The van der Waals surface area contributed by atoms with Gasteiger partial charge in [-0.25, -0.2) is 0 Å². The van der Waals surface area contributed by atoms with Crippen molar-refractivity contribution in [1.29, 1.82) is 0 Å². The standard InChI is InChI=1S/C18H40O6P2/c1-5-9-11-16(7-3)13-14-18(25(19,20)21,26(22,23)24)15-17(8-4)12-10-6-2/h16-17H,5-15H2,1-4H3,(H2,19,20,21)(H2,22,23,24). The summed E-state index contributed by atoms with van der Waals surface area (Å²) in [6.07, 6.45) is 7.29. The van der Waals surface area contributed by atoms with E-state index < -0.39 is 20.1 Å². The van der Waals surface area contributed by atoms with Gasteiger partial charge in [0.25, 0.3) is 0 Å². The first-order chi connectivity index (χ1) is 12.0. The summed E-state index contributed by atoms with van der Waals surface area (Å²) in [4.78, 5) is 37.8. The molecule has 0 fully saturated rings. The summed E-state index contributed by atoms with van der Waals surface area (Å²) in [5.74, 6) is 0.147. The Kier molecular flexibility index (Phi) is 12.1. The molecule has 8 heteroatoms. The minimum absolute atomic E-state index is 0.0917. The molecule has 0 aliphatic carbocycles. The van der Waals surface area contributed by atoms with Gasteiger partial charge in [-0.15, -0.1) is 0 Å². The van der Waals surface area contributed by atoms with Gasteiger partial charge < -0.3 is 19.6 Å². The van der Waals surface area contributed by atoms with E-state index in [9.17, 15) is 28.7 Å². The molecule has 0 rings (SSSR count). The molecule has 0 aliphatic heterocycles. The Balaban J connectivity index is 5.63. The van der Waals surface area contributed by atoms with E-state index in [4.69, 9.17) is 0 Å². The molecule has 0 spiro atoms. The maximum atomic E-state index is 12.3. The van der Waals surface area contributed by atoms with E-state index in [2.05, 4.69) is 6.92 Å². The van der Waals surface area contributed by atoms with Gasteiger partial charge >= 0.3 is 15.2 Å². The smallest absolute Gasteiger partial charge is 0.324 e. The molecule has 26 heavy (non-hydrogen) atoms. The molecule has 0 aromatic carbocycles. The van der Waals surface area contributed by atoms with Gasteiger partial charge in [0.1, 0.15) is 0 Å². The Morgan fingerprint density at radius 3 is 1.50 bits per heavy atom. The van der Waals surface area contributed by atoms with Crippen molar-refractivity contribution in [2.24, 2.45) is 11.8 Å². The maximum absolute atomic E-state index is 12.3. The molecule has 0 bridgehead atoms. The van der Waals surface area contributed by atoms with E-state index in [1.54, 1.807) is 0 Å². The average Bonchev–Trinajstić information content (AvgIpc) is 2.54. The molecule has 2 atom stereocenters. The van der Waals surface area contributed by atoms with Crippen LogP contribution >= 0.6 is 15.2 Å². The van der Waals surface area contributed by atoms with Crippen LogP contribution in [0.4, 0.5) is 0 Å². The van der Waals surface area contributed by atoms with Crippen LogP contribution in [0.5, 0.6) is 0 Å². The zero-order valence-electron chi connectivity index (χ0n) is 16.9. The first-order valence-electron chi connectivity index (χ1n) is 10.1. The fourth-order valence-electron chi connectivity index (χ4n) is 3.69. The molecule has 0 amide bonds. The topological polar surface area (TPSA) is 115 Å². The minimum atomic E-state index is -4.98. The van der Waals surface area contributed by atoms with Crippen LogP contribution in [0.15, 0.2) is 0 Å². The Labute approximate surface area is 159 Å². The number of rotatable bonds is 15. The quantitative estimate of drug-likeness (QED) is 0.258. The van der Waals surface area contributed by atoms with Crippen molar-refractivity contribution in [3.05, 3.63) is 0 Å². The fourth-order valence-corrected chi connectivity index (χ4v) is 6.88. The van der Waals surface area contributed by atoms with E-state index in [1.165, 1.54) is 0 Å². The Hall–Kier alpha value is 0.300. The maximum Gasteiger partial charge on any atom is 0.343 e. The van der Waals surface area contributed by atoms with Gasteiger partial charge in [-0.3, -0.25) is 9.13 Å². The second-order valence-electron chi connectivity index (χ2n) is 7.65. The van der Waals surface area contributed by atoms with E-state index in [0.29, 0.717) is 12.8 Å². The average molecular weight is 414 g/mol. The van der Waals surface area contributed by atoms with Crippen LogP contribution in [0.25, 0.3) is 0 Å². The van der Waals surface area contributed by atoms with Gasteiger partial charge in [0.05, 0.1) is 0 Å². The lowest BCUT2D eigenvalue weighted by Gasteiger charge is -2.38. The predicted molar refractivity (Wildman–Crippen MR) is 107 cm³/mol. The molecule has 0 aromatic heterocycles. The monoisotopic (exact) mass is 414 g/mol. The van der Waals surface area contributed by atoms with Crippen LogP contribution < -0.4 is 0 Å². The summed E-state index contributed by atoms with van der Waals surface area (Å²) < 4.78 is 24.7. The van der Waals surface area contributed by atoms with Gasteiger partial charge in [-0.1, -0.05) is 79.1 Å². The highest BCUT2D eigenvalue weighted by molar-refractivity contribution is 7.72. The van der Waals surface area contributed by atoms with Gasteiger partial charge in [0, 0.05) is 0 Å². The van der Waals surface area contributed by atoms with Crippen LogP contribution in [-0.2, 0) is 9.13 Å². The van der Waals surface area contributed by atoms with Crippen LogP contribution in [0.1, 0.15) is 98.3 Å². The Morgan fingerprint density at radius 2 is 1.15 bits per heavy atom. The summed E-state index contributed by atoms with van der Waals surface area (Å²) in [5, 5.41) is 0. The highest BCUT2D eigenvalue weighted by Gasteiger charge is 2.59. The van der Waals surface area contributed by atoms with Crippen molar-refractivity contribution < 1.29 is 28.7 Å². The molecule has 0 heterocycles. The molecule has 6 nitrogen and oxygen atoms in total. The van der Waals surface area contributed by atoms with Gasteiger partial charge in [-0.2, -0.15) is 0 Å². The van der Waals surface area contributed by atoms with Gasteiger partial charge in [-0.05, 0) is 31.1 Å². The van der Waals surface area contributed by atoms with Crippen molar-refractivity contribution in [1.82, 2.24) is 0 Å². The van der Waals surface area contributed by atoms with E-state index in [1.807, 2.05) is 20.8 Å². The summed E-state index contributed by atoms with van der Waals surface area (Å²) in [6, 6.07) is 0. The molecule has 0 saturated heterocycles. The van der Waals surface area contributed by atoms with Crippen LogP contribution in [0, 0.1) is 11.8 Å². The lowest BCUT2D eigenvalue weighted by molar-refractivity contribution is 0.257. The van der Waals surface area contributed by atoms with Crippen LogP contribution in [-0.4, -0.2) is 24.5 Å². The second kappa shape index (κ2) is 12.0. The fraction of sp³-hybridized carbons (Fsp3) is 1.00. The summed E-state index contributed by atoms with van der Waals surface area (Å²) in [6.45, 7) is 8.06. The first-order valence-corrected chi connectivity index (χ1v) is 13.3. The molecular weight excluding hydrogens is 374 g/mol. The molecule has 0 aromatic rings. The third-order valence-electron chi connectivity index (χ3n) is 5.74. The SMILES string of the molecule is CCCCC(CC)CCC(CC(CC)CCCC)(P(=O)(O)O)P(=O)(O)O. The van der Waals surface area contributed by atoms with Gasteiger partial charge in [0.2, 0.25) is 0 Å². The van der Waals surface area contributed by atoms with Crippen molar-refractivity contribution >= 4 is 15.2 Å². The van der Waals surface area contributed by atoms with Crippen LogP contribution in [0.3, 0.4) is 0 Å². The van der Waals surface area contributed by atoms with Crippen molar-refractivity contribution in [3.63, 3.8) is 0 Å².